The van der Waals surface area contributed by atoms with Crippen LogP contribution in [0.3, 0.4) is 0 Å². The minimum absolute atomic E-state index is 0.0500. The quantitative estimate of drug-likeness (QED) is 0.777. The Kier molecular flexibility index (Phi) is 4.07. The standard InChI is InChI=1S/C13H19NO2/c1-4-16-11-7-5-6-10(8-11)12(15)9-13(2,3)14/h5-8H,4,9,14H2,1-3H3. The Morgan fingerprint density at radius 2 is 2.12 bits per heavy atom. The molecule has 0 spiro atoms. The highest BCUT2D eigenvalue weighted by Gasteiger charge is 2.17. The number of carbonyl (C=O) groups is 1. The Hall–Kier alpha value is -1.35. The van der Waals surface area contributed by atoms with Gasteiger partial charge in [0.15, 0.2) is 5.78 Å². The summed E-state index contributed by atoms with van der Waals surface area (Å²) in [5.74, 6) is 0.775. The minimum Gasteiger partial charge on any atom is -0.494 e. The summed E-state index contributed by atoms with van der Waals surface area (Å²) in [6.07, 6.45) is 0.336. The Morgan fingerprint density at radius 1 is 1.44 bits per heavy atom. The molecule has 0 atom stereocenters. The summed E-state index contributed by atoms with van der Waals surface area (Å²) in [6.45, 7) is 6.20. The molecule has 0 fully saturated rings. The van der Waals surface area contributed by atoms with Crippen LogP contribution in [0.4, 0.5) is 0 Å². The van der Waals surface area contributed by atoms with Gasteiger partial charge in [0.2, 0.25) is 0 Å². The van der Waals surface area contributed by atoms with Crippen LogP contribution in [0.5, 0.6) is 5.75 Å². The number of ether oxygens (including phenoxy) is 1. The number of benzene rings is 1. The third-order valence-electron chi connectivity index (χ3n) is 2.08. The van der Waals surface area contributed by atoms with Crippen LogP contribution in [0.15, 0.2) is 24.3 Å². The van der Waals surface area contributed by atoms with Crippen molar-refractivity contribution in [1.82, 2.24) is 0 Å². The van der Waals surface area contributed by atoms with Crippen molar-refractivity contribution >= 4 is 5.78 Å². The zero-order chi connectivity index (χ0) is 12.2. The van der Waals surface area contributed by atoms with Gasteiger partial charge in [0, 0.05) is 17.5 Å². The van der Waals surface area contributed by atoms with Gasteiger partial charge in [-0.05, 0) is 32.9 Å². The lowest BCUT2D eigenvalue weighted by Crippen LogP contribution is -2.34. The van der Waals surface area contributed by atoms with Crippen molar-refractivity contribution in [3.63, 3.8) is 0 Å². The fourth-order valence-electron chi connectivity index (χ4n) is 1.44. The lowest BCUT2D eigenvalue weighted by Gasteiger charge is -2.17. The molecule has 0 unspecified atom stereocenters. The monoisotopic (exact) mass is 221 g/mol. The van der Waals surface area contributed by atoms with Crippen LogP contribution in [0.25, 0.3) is 0 Å². The van der Waals surface area contributed by atoms with Gasteiger partial charge in [-0.25, -0.2) is 0 Å². The molecule has 88 valence electrons. The lowest BCUT2D eigenvalue weighted by molar-refractivity contribution is 0.0960. The van der Waals surface area contributed by atoms with E-state index in [9.17, 15) is 4.79 Å². The van der Waals surface area contributed by atoms with Crippen molar-refractivity contribution in [2.24, 2.45) is 5.73 Å². The molecule has 16 heavy (non-hydrogen) atoms. The van der Waals surface area contributed by atoms with Gasteiger partial charge in [-0.3, -0.25) is 4.79 Å². The summed E-state index contributed by atoms with van der Waals surface area (Å²) in [5, 5.41) is 0. The van der Waals surface area contributed by atoms with E-state index in [-0.39, 0.29) is 5.78 Å². The molecule has 3 nitrogen and oxygen atoms in total. The number of carbonyl (C=O) groups excluding carboxylic acids is 1. The normalized spacial score (nSPS) is 11.2. The Bertz CT molecular complexity index is 366. The van der Waals surface area contributed by atoms with Crippen LogP contribution >= 0.6 is 0 Å². The van der Waals surface area contributed by atoms with E-state index >= 15 is 0 Å². The van der Waals surface area contributed by atoms with Crippen molar-refractivity contribution in [3.8, 4) is 5.75 Å². The van der Waals surface area contributed by atoms with Crippen molar-refractivity contribution in [1.29, 1.82) is 0 Å². The molecule has 0 heterocycles. The molecular weight excluding hydrogens is 202 g/mol. The van der Waals surface area contributed by atoms with Gasteiger partial charge in [0.25, 0.3) is 0 Å². The van der Waals surface area contributed by atoms with Crippen LogP contribution in [0.2, 0.25) is 0 Å². The molecule has 1 aromatic carbocycles. The highest BCUT2D eigenvalue weighted by molar-refractivity contribution is 5.97. The number of hydrogen-bond donors (Lipinski definition) is 1. The van der Waals surface area contributed by atoms with Gasteiger partial charge in [-0.2, -0.15) is 0 Å². The second-order valence-electron chi connectivity index (χ2n) is 4.55. The third kappa shape index (κ3) is 4.03. The fourth-order valence-corrected chi connectivity index (χ4v) is 1.44. The third-order valence-corrected chi connectivity index (χ3v) is 2.08. The summed E-state index contributed by atoms with van der Waals surface area (Å²) < 4.78 is 5.34. The maximum atomic E-state index is 11.9. The van der Waals surface area contributed by atoms with E-state index in [0.29, 0.717) is 18.6 Å². The molecular formula is C13H19NO2. The largest absolute Gasteiger partial charge is 0.494 e. The van der Waals surface area contributed by atoms with E-state index < -0.39 is 5.54 Å². The number of rotatable bonds is 5. The molecule has 0 radical (unpaired) electrons. The van der Waals surface area contributed by atoms with Crippen molar-refractivity contribution in [2.45, 2.75) is 32.7 Å². The summed E-state index contributed by atoms with van der Waals surface area (Å²) >= 11 is 0. The summed E-state index contributed by atoms with van der Waals surface area (Å²) in [7, 11) is 0. The average molecular weight is 221 g/mol. The molecule has 0 aromatic heterocycles. The van der Waals surface area contributed by atoms with Crippen LogP contribution in [0.1, 0.15) is 37.6 Å². The van der Waals surface area contributed by atoms with Crippen LogP contribution in [-0.4, -0.2) is 17.9 Å². The fraction of sp³-hybridized carbons (Fsp3) is 0.462. The van der Waals surface area contributed by atoms with Gasteiger partial charge in [-0.1, -0.05) is 12.1 Å². The van der Waals surface area contributed by atoms with E-state index in [2.05, 4.69) is 0 Å². The molecule has 0 aliphatic carbocycles. The molecule has 1 rings (SSSR count). The summed E-state index contributed by atoms with van der Waals surface area (Å²) in [6, 6.07) is 7.21. The number of nitrogens with two attached hydrogens (primary N) is 1. The summed E-state index contributed by atoms with van der Waals surface area (Å²) in [4.78, 5) is 11.9. The predicted molar refractivity (Wildman–Crippen MR) is 64.8 cm³/mol. The molecule has 1 aromatic rings. The van der Waals surface area contributed by atoms with E-state index in [4.69, 9.17) is 10.5 Å². The zero-order valence-corrected chi connectivity index (χ0v) is 10.1. The van der Waals surface area contributed by atoms with E-state index in [1.165, 1.54) is 0 Å². The molecule has 0 aliphatic heterocycles. The van der Waals surface area contributed by atoms with Crippen molar-refractivity contribution < 1.29 is 9.53 Å². The highest BCUT2D eigenvalue weighted by Crippen LogP contribution is 2.17. The van der Waals surface area contributed by atoms with Crippen molar-refractivity contribution in [2.75, 3.05) is 6.61 Å². The van der Waals surface area contributed by atoms with Gasteiger partial charge in [-0.15, -0.1) is 0 Å². The van der Waals surface area contributed by atoms with E-state index in [1.54, 1.807) is 12.1 Å². The lowest BCUT2D eigenvalue weighted by atomic mass is 9.95. The predicted octanol–water partition coefficient (Wildman–Crippen LogP) is 2.40. The second kappa shape index (κ2) is 5.12. The Morgan fingerprint density at radius 3 is 2.69 bits per heavy atom. The molecule has 0 saturated carbocycles. The summed E-state index contributed by atoms with van der Waals surface area (Å²) in [5.41, 5.74) is 6.00. The minimum atomic E-state index is -0.474. The van der Waals surface area contributed by atoms with Gasteiger partial charge in [0.05, 0.1) is 6.61 Å². The maximum Gasteiger partial charge on any atom is 0.164 e. The number of Topliss-reactive ketones (excluding diaryl/α,β-unsaturated/α-hetero) is 1. The maximum absolute atomic E-state index is 11.9. The molecule has 3 heteroatoms. The van der Waals surface area contributed by atoms with Crippen LogP contribution < -0.4 is 10.5 Å². The van der Waals surface area contributed by atoms with Gasteiger partial charge in [0.1, 0.15) is 5.75 Å². The topological polar surface area (TPSA) is 52.3 Å². The highest BCUT2D eigenvalue weighted by atomic mass is 16.5. The SMILES string of the molecule is CCOc1cccc(C(=O)CC(C)(C)N)c1. The molecule has 0 amide bonds. The van der Waals surface area contributed by atoms with E-state index in [0.717, 1.165) is 5.75 Å². The first-order valence-corrected chi connectivity index (χ1v) is 5.47. The Labute approximate surface area is 96.6 Å². The molecule has 0 saturated heterocycles. The molecule has 0 aliphatic rings. The van der Waals surface area contributed by atoms with Gasteiger partial charge >= 0.3 is 0 Å². The first-order valence-electron chi connectivity index (χ1n) is 5.47. The van der Waals surface area contributed by atoms with Crippen LogP contribution in [-0.2, 0) is 0 Å². The molecule has 0 bridgehead atoms. The Balaban J connectivity index is 2.79. The smallest absolute Gasteiger partial charge is 0.164 e. The average Bonchev–Trinajstić information content (AvgIpc) is 2.16. The number of ketones is 1. The van der Waals surface area contributed by atoms with Crippen LogP contribution in [0, 0.1) is 0 Å². The first kappa shape index (κ1) is 12.7. The zero-order valence-electron chi connectivity index (χ0n) is 10.1. The van der Waals surface area contributed by atoms with E-state index in [1.807, 2.05) is 32.9 Å². The second-order valence-corrected chi connectivity index (χ2v) is 4.55. The molecule has 2 N–H and O–H groups in total. The first-order chi connectivity index (χ1) is 7.42. The van der Waals surface area contributed by atoms with Crippen molar-refractivity contribution in [3.05, 3.63) is 29.8 Å². The van der Waals surface area contributed by atoms with Gasteiger partial charge < -0.3 is 10.5 Å². The number of hydrogen-bond acceptors (Lipinski definition) is 3.